The lowest BCUT2D eigenvalue weighted by molar-refractivity contribution is -0.138. The smallest absolute Gasteiger partial charge is 0.380 e. The first kappa shape index (κ1) is 23.5. The Labute approximate surface area is 200 Å². The van der Waals surface area contributed by atoms with E-state index in [0.717, 1.165) is 40.7 Å². The van der Waals surface area contributed by atoms with Crippen molar-refractivity contribution < 1.29 is 22.4 Å². The van der Waals surface area contributed by atoms with Crippen molar-refractivity contribution in [1.29, 1.82) is 0 Å². The number of fused-ring (bicyclic) bond motifs is 1. The molecule has 1 fully saturated rings. The molecule has 2 N–H and O–H groups in total. The van der Waals surface area contributed by atoms with Crippen LogP contribution in [0.4, 0.5) is 19.1 Å². The highest BCUT2D eigenvalue weighted by molar-refractivity contribution is 5.86. The number of rotatable bonds is 5. The Morgan fingerprint density at radius 3 is 2.74 bits per heavy atom. The molecule has 35 heavy (non-hydrogen) atoms. The number of halogens is 3. The van der Waals surface area contributed by atoms with Crippen LogP contribution in [0.3, 0.4) is 0 Å². The summed E-state index contributed by atoms with van der Waals surface area (Å²) in [5.74, 6) is 0.866. The number of nitrogens with zero attached hydrogens (tertiary/aromatic N) is 3. The number of ether oxygens (including phenoxy) is 1. The number of aryl methyl sites for hydroxylation is 2. The maximum Gasteiger partial charge on any atom is 0.419 e. The van der Waals surface area contributed by atoms with Crippen molar-refractivity contribution >= 4 is 11.5 Å². The van der Waals surface area contributed by atoms with E-state index in [1.807, 2.05) is 32.0 Å². The number of anilines is 1. The van der Waals surface area contributed by atoms with Gasteiger partial charge in [0.25, 0.3) is 0 Å². The van der Waals surface area contributed by atoms with E-state index in [2.05, 4.69) is 25.8 Å². The van der Waals surface area contributed by atoms with Gasteiger partial charge in [0.05, 0.1) is 17.5 Å². The molecule has 2 aliphatic rings. The van der Waals surface area contributed by atoms with Gasteiger partial charge in [0.2, 0.25) is 5.95 Å². The summed E-state index contributed by atoms with van der Waals surface area (Å²) in [5.41, 5.74) is 3.74. The van der Waals surface area contributed by atoms with Crippen LogP contribution in [-0.2, 0) is 17.3 Å². The van der Waals surface area contributed by atoms with Crippen LogP contribution in [0.2, 0.25) is 0 Å². The molecule has 0 saturated carbocycles. The van der Waals surface area contributed by atoms with Crippen LogP contribution in [0.25, 0.3) is 16.7 Å². The van der Waals surface area contributed by atoms with Crippen LogP contribution in [0.5, 0.6) is 0 Å². The molecule has 1 aliphatic carbocycles. The van der Waals surface area contributed by atoms with Crippen molar-refractivity contribution in [2.45, 2.75) is 45.0 Å². The summed E-state index contributed by atoms with van der Waals surface area (Å²) in [6, 6.07) is 5.66. The van der Waals surface area contributed by atoms with Crippen LogP contribution in [0, 0.1) is 13.8 Å². The molecule has 0 unspecified atom stereocenters. The van der Waals surface area contributed by atoms with Gasteiger partial charge < -0.3 is 19.9 Å². The van der Waals surface area contributed by atoms with E-state index in [1.54, 1.807) is 13.2 Å². The first-order valence-corrected chi connectivity index (χ1v) is 11.5. The zero-order valence-electron chi connectivity index (χ0n) is 19.7. The number of alkyl halides is 3. The van der Waals surface area contributed by atoms with Gasteiger partial charge >= 0.3 is 6.18 Å². The van der Waals surface area contributed by atoms with Gasteiger partial charge in [0, 0.05) is 43.6 Å². The number of hydrogen-bond donors (Lipinski definition) is 2. The number of nitrogens with one attached hydrogen (secondary N) is 2. The summed E-state index contributed by atoms with van der Waals surface area (Å²) in [6.07, 6.45) is -0.682. The first-order valence-electron chi connectivity index (χ1n) is 11.5. The van der Waals surface area contributed by atoms with Gasteiger partial charge in [-0.1, -0.05) is 29.4 Å². The zero-order chi connectivity index (χ0) is 24.7. The summed E-state index contributed by atoms with van der Waals surface area (Å²) in [4.78, 5) is 8.35. The molecule has 5 rings (SSSR count). The fourth-order valence-corrected chi connectivity index (χ4v) is 4.86. The normalized spacial score (nSPS) is 20.0. The molecular weight excluding hydrogens is 459 g/mol. The van der Waals surface area contributed by atoms with E-state index in [9.17, 15) is 13.2 Å². The van der Waals surface area contributed by atoms with Gasteiger partial charge in [-0.2, -0.15) is 13.2 Å². The quantitative estimate of drug-likeness (QED) is 0.549. The fraction of sp³-hybridized carbons (Fsp3) is 0.400. The summed E-state index contributed by atoms with van der Waals surface area (Å²) < 4.78 is 52.5. The van der Waals surface area contributed by atoms with E-state index in [0.29, 0.717) is 30.7 Å². The molecule has 1 aliphatic heterocycles. The predicted octanol–water partition coefficient (Wildman–Crippen LogP) is 4.54. The summed E-state index contributed by atoms with van der Waals surface area (Å²) in [6.45, 7) is 5.08. The van der Waals surface area contributed by atoms with E-state index in [4.69, 9.17) is 9.26 Å². The van der Waals surface area contributed by atoms with Crippen LogP contribution in [0.15, 0.2) is 35.0 Å². The second-order valence-electron chi connectivity index (χ2n) is 8.94. The molecule has 2 atom stereocenters. The van der Waals surface area contributed by atoms with Gasteiger partial charge in [-0.05, 0) is 43.4 Å². The number of benzene rings is 1. The molecule has 10 heteroatoms. The van der Waals surface area contributed by atoms with Gasteiger partial charge in [0.1, 0.15) is 11.3 Å². The Morgan fingerprint density at radius 1 is 1.20 bits per heavy atom. The fourth-order valence-electron chi connectivity index (χ4n) is 4.86. The SMILES string of the molecule is CO[C@H]1CNC[C@@H](Nc2ncc(C(F)(F)F)c(C3=CCc4cc(-c5c(C)noc5C)ccc43)n2)C1. The van der Waals surface area contributed by atoms with E-state index in [-0.39, 0.29) is 23.8 Å². The van der Waals surface area contributed by atoms with Crippen molar-refractivity contribution in [3.8, 4) is 11.1 Å². The molecule has 2 aromatic heterocycles. The molecular formula is C25H26F3N5O2. The number of piperidine rings is 1. The third kappa shape index (κ3) is 4.55. The zero-order valence-corrected chi connectivity index (χ0v) is 19.7. The lowest BCUT2D eigenvalue weighted by atomic mass is 9.95. The molecule has 3 aromatic rings. The van der Waals surface area contributed by atoms with Crippen LogP contribution in [-0.4, -0.2) is 47.5 Å². The van der Waals surface area contributed by atoms with Crippen molar-refractivity contribution in [3.05, 3.63) is 64.3 Å². The van der Waals surface area contributed by atoms with E-state index in [1.165, 1.54) is 0 Å². The Morgan fingerprint density at radius 2 is 2.03 bits per heavy atom. The molecule has 1 aromatic carbocycles. The molecule has 0 radical (unpaired) electrons. The minimum absolute atomic E-state index is 0.0199. The topological polar surface area (TPSA) is 85.1 Å². The monoisotopic (exact) mass is 485 g/mol. The molecule has 3 heterocycles. The lowest BCUT2D eigenvalue weighted by Crippen LogP contribution is -2.46. The minimum atomic E-state index is -4.58. The highest BCUT2D eigenvalue weighted by Crippen LogP contribution is 2.41. The molecule has 1 saturated heterocycles. The Hall–Kier alpha value is -3.24. The van der Waals surface area contributed by atoms with E-state index >= 15 is 0 Å². The van der Waals surface area contributed by atoms with Crippen molar-refractivity contribution in [2.24, 2.45) is 0 Å². The maximum atomic E-state index is 13.9. The number of methoxy groups -OCH3 is 1. The maximum absolute atomic E-state index is 13.9. The Balaban J connectivity index is 1.49. The standard InChI is InChI=1S/C25H26F3N5O2/c1-13-22(14(2)35-33-13)16-5-6-19-15(8-16)4-7-20(19)23-21(25(26,27)28)12-30-24(32-23)31-17-9-18(34-3)11-29-10-17/h5-8,12,17-18,29H,4,9-11H2,1-3H3,(H,30,31,32)/t17-,18+/m0/s1. The van der Waals surface area contributed by atoms with Crippen LogP contribution < -0.4 is 10.6 Å². The number of hydrogen-bond acceptors (Lipinski definition) is 7. The molecule has 0 bridgehead atoms. The second-order valence-corrected chi connectivity index (χ2v) is 8.94. The van der Waals surface area contributed by atoms with Crippen LogP contribution in [0.1, 0.15) is 40.3 Å². The lowest BCUT2D eigenvalue weighted by Gasteiger charge is -2.29. The third-order valence-electron chi connectivity index (χ3n) is 6.57. The average Bonchev–Trinajstić information content (AvgIpc) is 3.40. The summed E-state index contributed by atoms with van der Waals surface area (Å²) in [5, 5.41) is 10.4. The summed E-state index contributed by atoms with van der Waals surface area (Å²) >= 11 is 0. The average molecular weight is 486 g/mol. The molecule has 0 amide bonds. The van der Waals surface area contributed by atoms with Gasteiger partial charge in [-0.3, -0.25) is 0 Å². The predicted molar refractivity (Wildman–Crippen MR) is 125 cm³/mol. The van der Waals surface area contributed by atoms with Gasteiger partial charge in [0.15, 0.2) is 0 Å². The van der Waals surface area contributed by atoms with Gasteiger partial charge in [-0.25, -0.2) is 9.97 Å². The first-order chi connectivity index (χ1) is 16.7. The molecule has 7 nitrogen and oxygen atoms in total. The Kier molecular flexibility index (Phi) is 6.10. The highest BCUT2D eigenvalue weighted by Gasteiger charge is 2.37. The van der Waals surface area contributed by atoms with Crippen LogP contribution >= 0.6 is 0 Å². The third-order valence-corrected chi connectivity index (χ3v) is 6.57. The molecule has 184 valence electrons. The van der Waals surface area contributed by atoms with E-state index < -0.39 is 11.7 Å². The highest BCUT2D eigenvalue weighted by atomic mass is 19.4. The van der Waals surface area contributed by atoms with Crippen molar-refractivity contribution in [3.63, 3.8) is 0 Å². The summed E-state index contributed by atoms with van der Waals surface area (Å²) in [7, 11) is 1.64. The number of aromatic nitrogens is 3. The molecule has 0 spiro atoms. The van der Waals surface area contributed by atoms with Crippen molar-refractivity contribution in [1.82, 2.24) is 20.4 Å². The van der Waals surface area contributed by atoms with Gasteiger partial charge in [-0.15, -0.1) is 0 Å². The van der Waals surface area contributed by atoms with Crippen molar-refractivity contribution in [2.75, 3.05) is 25.5 Å². The minimum Gasteiger partial charge on any atom is -0.380 e. The Bertz CT molecular complexity index is 1270. The number of allylic oxidation sites excluding steroid dienone is 1. The second kappa shape index (κ2) is 9.09. The largest absolute Gasteiger partial charge is 0.419 e.